The van der Waals surface area contributed by atoms with Gasteiger partial charge in [0.1, 0.15) is 5.69 Å². The number of rotatable bonds is 5. The first-order valence-electron chi connectivity index (χ1n) is 9.18. The van der Waals surface area contributed by atoms with Gasteiger partial charge in [0.15, 0.2) is 0 Å². The predicted octanol–water partition coefficient (Wildman–Crippen LogP) is 5.02. The van der Waals surface area contributed by atoms with E-state index in [0.29, 0.717) is 22.9 Å². The summed E-state index contributed by atoms with van der Waals surface area (Å²) in [4.78, 5) is 29.0. The van der Waals surface area contributed by atoms with Crippen molar-refractivity contribution >= 4 is 23.2 Å². The van der Waals surface area contributed by atoms with Gasteiger partial charge in [0.05, 0.1) is 0 Å². The smallest absolute Gasteiger partial charge is 0.274 e. The molecule has 0 atom stereocenters. The first kappa shape index (κ1) is 19.3. The highest BCUT2D eigenvalue weighted by molar-refractivity contribution is 6.07. The largest absolute Gasteiger partial charge is 0.322 e. The Bertz CT molecular complexity index is 977. The molecule has 5 heteroatoms. The number of benzene rings is 2. The molecule has 0 aliphatic heterocycles. The van der Waals surface area contributed by atoms with Gasteiger partial charge in [-0.25, -0.2) is 0 Å². The standard InChI is InChI=1S/C23H23N3O2/c1-15(2)17-6-10-20(11-7-17)25-22(27)18-12-13-24-21(14-18)23(28)26-19-8-4-16(3)5-9-19/h4-15H,1-3H3,(H,25,27)(H,26,28). The Morgan fingerprint density at radius 2 is 1.39 bits per heavy atom. The van der Waals surface area contributed by atoms with E-state index in [0.717, 1.165) is 5.56 Å². The number of nitrogens with one attached hydrogen (secondary N) is 2. The number of carbonyl (C=O) groups is 2. The van der Waals surface area contributed by atoms with Crippen LogP contribution in [0, 0.1) is 6.92 Å². The number of aromatic nitrogens is 1. The van der Waals surface area contributed by atoms with E-state index in [1.165, 1.54) is 17.8 Å². The van der Waals surface area contributed by atoms with Crippen LogP contribution in [0.2, 0.25) is 0 Å². The van der Waals surface area contributed by atoms with Crippen molar-refractivity contribution in [2.75, 3.05) is 10.6 Å². The second kappa shape index (κ2) is 8.48. The van der Waals surface area contributed by atoms with Gasteiger partial charge in [-0.05, 0) is 54.8 Å². The molecule has 142 valence electrons. The number of nitrogens with zero attached hydrogens (tertiary/aromatic N) is 1. The quantitative estimate of drug-likeness (QED) is 0.660. The van der Waals surface area contributed by atoms with Crippen LogP contribution in [-0.4, -0.2) is 16.8 Å². The summed E-state index contributed by atoms with van der Waals surface area (Å²) in [5, 5.41) is 5.63. The van der Waals surface area contributed by atoms with Crippen LogP contribution in [-0.2, 0) is 0 Å². The monoisotopic (exact) mass is 373 g/mol. The molecule has 0 fully saturated rings. The maximum atomic E-state index is 12.5. The van der Waals surface area contributed by atoms with Crippen LogP contribution < -0.4 is 10.6 Å². The number of pyridine rings is 1. The number of hydrogen-bond acceptors (Lipinski definition) is 3. The van der Waals surface area contributed by atoms with Crippen molar-refractivity contribution in [1.82, 2.24) is 4.98 Å². The predicted molar refractivity (Wildman–Crippen MR) is 112 cm³/mol. The number of anilines is 2. The molecule has 1 aromatic heterocycles. The molecule has 2 N–H and O–H groups in total. The van der Waals surface area contributed by atoms with Crippen LogP contribution in [0.4, 0.5) is 11.4 Å². The Labute approximate surface area is 164 Å². The lowest BCUT2D eigenvalue weighted by molar-refractivity contribution is 0.102. The zero-order valence-corrected chi connectivity index (χ0v) is 16.2. The van der Waals surface area contributed by atoms with Crippen LogP contribution >= 0.6 is 0 Å². The lowest BCUT2D eigenvalue weighted by Crippen LogP contribution is -2.17. The highest BCUT2D eigenvalue weighted by Crippen LogP contribution is 2.18. The summed E-state index contributed by atoms with van der Waals surface area (Å²) in [5.74, 6) is -0.219. The molecule has 0 aliphatic carbocycles. The van der Waals surface area contributed by atoms with Crippen LogP contribution in [0.1, 0.15) is 51.7 Å². The molecule has 0 spiro atoms. The van der Waals surface area contributed by atoms with Crippen molar-refractivity contribution < 1.29 is 9.59 Å². The van der Waals surface area contributed by atoms with E-state index < -0.39 is 0 Å². The van der Waals surface area contributed by atoms with E-state index in [1.807, 2.05) is 55.5 Å². The average molecular weight is 373 g/mol. The van der Waals surface area contributed by atoms with Gasteiger partial charge in [-0.15, -0.1) is 0 Å². The molecule has 28 heavy (non-hydrogen) atoms. The molecule has 0 radical (unpaired) electrons. The molecule has 1 heterocycles. The van der Waals surface area contributed by atoms with Gasteiger partial charge in [0.2, 0.25) is 0 Å². The van der Waals surface area contributed by atoms with E-state index in [9.17, 15) is 9.59 Å². The summed E-state index contributed by atoms with van der Waals surface area (Å²) < 4.78 is 0. The van der Waals surface area contributed by atoms with E-state index in [2.05, 4.69) is 29.5 Å². The van der Waals surface area contributed by atoms with E-state index in [4.69, 9.17) is 0 Å². The van der Waals surface area contributed by atoms with Crippen LogP contribution in [0.15, 0.2) is 66.9 Å². The summed E-state index contributed by atoms with van der Waals surface area (Å²) in [6, 6.07) is 18.3. The van der Waals surface area contributed by atoms with Gasteiger partial charge in [0.25, 0.3) is 11.8 Å². The Morgan fingerprint density at radius 1 is 0.821 bits per heavy atom. The van der Waals surface area contributed by atoms with Gasteiger partial charge >= 0.3 is 0 Å². The second-order valence-corrected chi connectivity index (χ2v) is 6.98. The second-order valence-electron chi connectivity index (χ2n) is 6.98. The Kier molecular flexibility index (Phi) is 5.84. The first-order valence-corrected chi connectivity index (χ1v) is 9.18. The molecule has 0 bridgehead atoms. The van der Waals surface area contributed by atoms with E-state index >= 15 is 0 Å². The number of carbonyl (C=O) groups excluding carboxylic acids is 2. The minimum atomic E-state index is -0.361. The highest BCUT2D eigenvalue weighted by Gasteiger charge is 2.12. The highest BCUT2D eigenvalue weighted by atomic mass is 16.2. The molecular formula is C23H23N3O2. The Balaban J connectivity index is 1.70. The van der Waals surface area contributed by atoms with E-state index in [1.54, 1.807) is 6.07 Å². The maximum Gasteiger partial charge on any atom is 0.274 e. The topological polar surface area (TPSA) is 71.1 Å². The first-order chi connectivity index (χ1) is 13.4. The Hall–Kier alpha value is -3.47. The van der Waals surface area contributed by atoms with Crippen molar-refractivity contribution in [3.63, 3.8) is 0 Å². The molecule has 0 unspecified atom stereocenters. The normalized spacial score (nSPS) is 10.6. The minimum absolute atomic E-state index is 0.184. The molecule has 3 aromatic rings. The van der Waals surface area contributed by atoms with Crippen molar-refractivity contribution in [3.05, 3.63) is 89.2 Å². The number of amides is 2. The third kappa shape index (κ3) is 4.82. The fraction of sp³-hybridized carbons (Fsp3) is 0.174. The van der Waals surface area contributed by atoms with Gasteiger partial charge in [-0.3, -0.25) is 14.6 Å². The zero-order valence-electron chi connectivity index (χ0n) is 16.2. The van der Waals surface area contributed by atoms with Crippen molar-refractivity contribution in [3.8, 4) is 0 Å². The van der Waals surface area contributed by atoms with Crippen molar-refractivity contribution in [1.29, 1.82) is 0 Å². The molecule has 0 saturated heterocycles. The van der Waals surface area contributed by atoms with Crippen LogP contribution in [0.5, 0.6) is 0 Å². The summed E-state index contributed by atoms with van der Waals surface area (Å²) in [6.45, 7) is 6.22. The number of aryl methyl sites for hydroxylation is 1. The van der Waals surface area contributed by atoms with Crippen LogP contribution in [0.25, 0.3) is 0 Å². The van der Waals surface area contributed by atoms with E-state index in [-0.39, 0.29) is 17.5 Å². The number of hydrogen-bond donors (Lipinski definition) is 2. The lowest BCUT2D eigenvalue weighted by atomic mass is 10.0. The molecule has 0 saturated carbocycles. The fourth-order valence-electron chi connectivity index (χ4n) is 2.68. The average Bonchev–Trinajstić information content (AvgIpc) is 2.70. The molecule has 0 aliphatic rings. The summed E-state index contributed by atoms with van der Waals surface area (Å²) in [6.07, 6.45) is 1.46. The van der Waals surface area contributed by atoms with Crippen molar-refractivity contribution in [2.45, 2.75) is 26.7 Å². The minimum Gasteiger partial charge on any atom is -0.322 e. The van der Waals surface area contributed by atoms with Gasteiger partial charge in [-0.2, -0.15) is 0 Å². The SMILES string of the molecule is Cc1ccc(NC(=O)c2cc(C(=O)Nc3ccc(C(C)C)cc3)ccn2)cc1. The van der Waals surface area contributed by atoms with Crippen molar-refractivity contribution in [2.24, 2.45) is 0 Å². The maximum absolute atomic E-state index is 12.5. The third-order valence-corrected chi connectivity index (χ3v) is 4.40. The summed E-state index contributed by atoms with van der Waals surface area (Å²) in [7, 11) is 0. The summed E-state index contributed by atoms with van der Waals surface area (Å²) in [5.41, 5.74) is 4.25. The molecular weight excluding hydrogens is 350 g/mol. The van der Waals surface area contributed by atoms with Gasteiger partial charge in [-0.1, -0.05) is 43.7 Å². The van der Waals surface area contributed by atoms with Crippen LogP contribution in [0.3, 0.4) is 0 Å². The molecule has 3 rings (SSSR count). The Morgan fingerprint density at radius 3 is 2.00 bits per heavy atom. The molecule has 2 amide bonds. The zero-order chi connectivity index (χ0) is 20.1. The molecule has 5 nitrogen and oxygen atoms in total. The fourth-order valence-corrected chi connectivity index (χ4v) is 2.68. The van der Waals surface area contributed by atoms with Gasteiger partial charge in [0, 0.05) is 23.1 Å². The van der Waals surface area contributed by atoms with Gasteiger partial charge < -0.3 is 10.6 Å². The third-order valence-electron chi connectivity index (χ3n) is 4.40. The molecule has 2 aromatic carbocycles. The lowest BCUT2D eigenvalue weighted by Gasteiger charge is -2.09. The summed E-state index contributed by atoms with van der Waals surface area (Å²) >= 11 is 0.